The van der Waals surface area contributed by atoms with E-state index in [2.05, 4.69) is 21.2 Å². The Morgan fingerprint density at radius 3 is 2.25 bits per heavy atom. The van der Waals surface area contributed by atoms with E-state index >= 15 is 0 Å². The molecule has 0 heterocycles. The molecule has 11 heteroatoms. The second-order valence-corrected chi connectivity index (χ2v) is 8.98. The molecule has 0 saturated heterocycles. The molecule has 5 nitrogen and oxygen atoms in total. The lowest BCUT2D eigenvalue weighted by atomic mass is 10.1. The summed E-state index contributed by atoms with van der Waals surface area (Å²) in [6.07, 6.45) is -4.69. The second kappa shape index (κ2) is 7.80. The van der Waals surface area contributed by atoms with Crippen LogP contribution in [0.2, 0.25) is 0 Å². The lowest BCUT2D eigenvalue weighted by Crippen LogP contribution is -2.45. The molecule has 2 aromatic rings. The number of carbonyl (C=O) groups excluding carboxylic acids is 1. The summed E-state index contributed by atoms with van der Waals surface area (Å²) in [6.45, 7) is 0.910. The average molecular weight is 484 g/mol. The monoisotopic (exact) mass is 483 g/mol. The van der Waals surface area contributed by atoms with Gasteiger partial charge in [0.15, 0.2) is 15.4 Å². The van der Waals surface area contributed by atoms with E-state index in [4.69, 9.17) is 0 Å². The maximum absolute atomic E-state index is 12.9. The molecule has 0 saturated carbocycles. The molecule has 0 aliphatic carbocycles. The van der Waals surface area contributed by atoms with Crippen LogP contribution in [0.1, 0.15) is 12.5 Å². The second-order valence-electron chi connectivity index (χ2n) is 6.13. The standard InChI is InChI=1S/C17H14BrF4NO4S/c1-16(25,9-28(26,27)12-5-2-10(19)3-6-12)15(24)23-11-4-7-14(18)13(8-11)17(20,21)22/h2-8,25H,9H2,1H3,(H,23,24). The zero-order valence-electron chi connectivity index (χ0n) is 14.2. The summed E-state index contributed by atoms with van der Waals surface area (Å²) < 4.78 is 76.2. The van der Waals surface area contributed by atoms with Crippen LogP contribution in [0.4, 0.5) is 23.2 Å². The van der Waals surface area contributed by atoms with Crippen molar-refractivity contribution in [2.75, 3.05) is 11.1 Å². The third-order valence-electron chi connectivity index (χ3n) is 3.66. The maximum Gasteiger partial charge on any atom is 0.417 e. The molecule has 2 aromatic carbocycles. The van der Waals surface area contributed by atoms with Crippen LogP contribution >= 0.6 is 15.9 Å². The van der Waals surface area contributed by atoms with Gasteiger partial charge in [-0.25, -0.2) is 12.8 Å². The van der Waals surface area contributed by atoms with Gasteiger partial charge in [-0.1, -0.05) is 15.9 Å². The van der Waals surface area contributed by atoms with Crippen LogP contribution in [0.15, 0.2) is 51.8 Å². The lowest BCUT2D eigenvalue weighted by Gasteiger charge is -2.22. The number of alkyl halides is 3. The summed E-state index contributed by atoms with van der Waals surface area (Å²) in [7, 11) is -4.18. The number of carbonyl (C=O) groups is 1. The van der Waals surface area contributed by atoms with Gasteiger partial charge in [0, 0.05) is 10.2 Å². The topological polar surface area (TPSA) is 83.5 Å². The number of sulfone groups is 1. The van der Waals surface area contributed by atoms with Gasteiger partial charge in [-0.05, 0) is 49.4 Å². The summed E-state index contributed by atoms with van der Waals surface area (Å²) in [6, 6.07) is 6.62. The molecule has 0 aliphatic heterocycles. The summed E-state index contributed by atoms with van der Waals surface area (Å²) in [5, 5.41) is 12.4. The highest BCUT2D eigenvalue weighted by Gasteiger charge is 2.38. The number of hydrogen-bond acceptors (Lipinski definition) is 4. The first-order valence-electron chi connectivity index (χ1n) is 7.61. The number of nitrogens with one attached hydrogen (secondary N) is 1. The molecule has 2 rings (SSSR count). The van der Waals surface area contributed by atoms with Crippen LogP contribution < -0.4 is 5.32 Å². The minimum atomic E-state index is -4.69. The first-order valence-corrected chi connectivity index (χ1v) is 10.1. The number of benzene rings is 2. The Morgan fingerprint density at radius 1 is 1.14 bits per heavy atom. The summed E-state index contributed by atoms with van der Waals surface area (Å²) >= 11 is 2.75. The van der Waals surface area contributed by atoms with Crippen molar-refractivity contribution in [2.45, 2.75) is 23.6 Å². The first kappa shape index (κ1) is 22.3. The fraction of sp³-hybridized carbons (Fsp3) is 0.235. The van der Waals surface area contributed by atoms with Crippen LogP contribution in [0.3, 0.4) is 0 Å². The third kappa shape index (κ3) is 5.30. The van der Waals surface area contributed by atoms with E-state index in [9.17, 15) is 35.9 Å². The third-order valence-corrected chi connectivity index (χ3v) is 6.29. The maximum atomic E-state index is 12.9. The Bertz CT molecular complexity index is 989. The van der Waals surface area contributed by atoms with E-state index < -0.39 is 44.7 Å². The van der Waals surface area contributed by atoms with E-state index in [1.807, 2.05) is 0 Å². The Morgan fingerprint density at radius 2 is 1.71 bits per heavy atom. The molecule has 0 spiro atoms. The number of halogens is 5. The van der Waals surface area contributed by atoms with Gasteiger partial charge in [-0.2, -0.15) is 13.2 Å². The van der Waals surface area contributed by atoms with Crippen molar-refractivity contribution < 1.29 is 35.9 Å². The Labute approximate surface area is 166 Å². The van der Waals surface area contributed by atoms with Gasteiger partial charge in [0.25, 0.3) is 5.91 Å². The predicted octanol–water partition coefficient (Wildman–Crippen LogP) is 3.77. The van der Waals surface area contributed by atoms with Gasteiger partial charge in [0.05, 0.1) is 16.2 Å². The molecule has 28 heavy (non-hydrogen) atoms. The van der Waals surface area contributed by atoms with Crippen molar-refractivity contribution in [3.05, 3.63) is 58.3 Å². The molecule has 0 aliphatic rings. The molecule has 0 bridgehead atoms. The first-order chi connectivity index (χ1) is 12.7. The van der Waals surface area contributed by atoms with Gasteiger partial charge in [0.2, 0.25) is 0 Å². The number of anilines is 1. The molecule has 2 N–H and O–H groups in total. The molecule has 152 valence electrons. The van der Waals surface area contributed by atoms with Crippen LogP contribution in [0.5, 0.6) is 0 Å². The summed E-state index contributed by atoms with van der Waals surface area (Å²) in [4.78, 5) is 11.9. The smallest absolute Gasteiger partial charge is 0.379 e. The van der Waals surface area contributed by atoms with Crippen LogP contribution in [0.25, 0.3) is 0 Å². The van der Waals surface area contributed by atoms with Crippen molar-refractivity contribution >= 4 is 37.4 Å². The van der Waals surface area contributed by atoms with Gasteiger partial charge in [0.1, 0.15) is 5.82 Å². The Hall–Kier alpha value is -1.98. The van der Waals surface area contributed by atoms with Crippen molar-refractivity contribution in [3.63, 3.8) is 0 Å². The lowest BCUT2D eigenvalue weighted by molar-refractivity contribution is -0.138. The van der Waals surface area contributed by atoms with Crippen LogP contribution in [-0.2, 0) is 20.8 Å². The van der Waals surface area contributed by atoms with E-state index in [0.717, 1.165) is 43.3 Å². The molecule has 0 aromatic heterocycles. The van der Waals surface area contributed by atoms with Gasteiger partial charge < -0.3 is 10.4 Å². The van der Waals surface area contributed by atoms with Crippen molar-refractivity contribution in [3.8, 4) is 0 Å². The van der Waals surface area contributed by atoms with Gasteiger partial charge in [-0.3, -0.25) is 4.79 Å². The zero-order valence-corrected chi connectivity index (χ0v) is 16.6. The van der Waals surface area contributed by atoms with E-state index in [-0.39, 0.29) is 15.1 Å². The largest absolute Gasteiger partial charge is 0.417 e. The number of aliphatic hydroxyl groups is 1. The highest BCUT2D eigenvalue weighted by Crippen LogP contribution is 2.36. The van der Waals surface area contributed by atoms with Crippen molar-refractivity contribution in [1.29, 1.82) is 0 Å². The van der Waals surface area contributed by atoms with E-state index in [0.29, 0.717) is 6.07 Å². The number of rotatable bonds is 5. The molecule has 0 radical (unpaired) electrons. The number of amides is 1. The average Bonchev–Trinajstić information content (AvgIpc) is 2.55. The quantitative estimate of drug-likeness (QED) is 0.500. The van der Waals surface area contributed by atoms with Crippen LogP contribution in [-0.4, -0.2) is 30.8 Å². The minimum absolute atomic E-state index is 0.247. The van der Waals surface area contributed by atoms with Gasteiger partial charge in [-0.15, -0.1) is 0 Å². The normalized spacial score (nSPS) is 14.4. The SMILES string of the molecule is CC(O)(CS(=O)(=O)c1ccc(F)cc1)C(=O)Nc1ccc(Br)c(C(F)(F)F)c1. The fourth-order valence-electron chi connectivity index (χ4n) is 2.25. The fourth-order valence-corrected chi connectivity index (χ4v) is 4.31. The number of hydrogen-bond donors (Lipinski definition) is 2. The van der Waals surface area contributed by atoms with Crippen LogP contribution in [0, 0.1) is 5.82 Å². The Balaban J connectivity index is 2.22. The Kier molecular flexibility index (Phi) is 6.22. The zero-order chi connectivity index (χ0) is 21.3. The van der Waals surface area contributed by atoms with Gasteiger partial charge >= 0.3 is 6.18 Å². The van der Waals surface area contributed by atoms with Crippen molar-refractivity contribution in [2.24, 2.45) is 0 Å². The molecular weight excluding hydrogens is 470 g/mol. The predicted molar refractivity (Wildman–Crippen MR) is 96.9 cm³/mol. The molecule has 1 unspecified atom stereocenters. The highest BCUT2D eigenvalue weighted by atomic mass is 79.9. The molecular formula is C17H14BrF4NO4S. The van der Waals surface area contributed by atoms with Crippen molar-refractivity contribution in [1.82, 2.24) is 0 Å². The van der Waals surface area contributed by atoms with E-state index in [1.165, 1.54) is 0 Å². The van der Waals surface area contributed by atoms with E-state index in [1.54, 1.807) is 0 Å². The molecule has 1 amide bonds. The minimum Gasteiger partial charge on any atom is -0.379 e. The highest BCUT2D eigenvalue weighted by molar-refractivity contribution is 9.10. The summed E-state index contributed by atoms with van der Waals surface area (Å²) in [5.74, 6) is -2.94. The molecule has 1 atom stereocenters. The summed E-state index contributed by atoms with van der Waals surface area (Å²) in [5.41, 5.74) is -3.79. The molecule has 0 fully saturated rings.